The number of nitrogens with zero attached hydrogens (tertiary/aromatic N) is 6. The van der Waals surface area contributed by atoms with Crippen molar-refractivity contribution in [2.24, 2.45) is 7.05 Å². The molecule has 28 heavy (non-hydrogen) atoms. The lowest BCUT2D eigenvalue weighted by atomic mass is 10.1. The smallest absolute Gasteiger partial charge is 0.260 e. The predicted octanol–water partition coefficient (Wildman–Crippen LogP) is 1.71. The van der Waals surface area contributed by atoms with E-state index in [9.17, 15) is 4.79 Å². The first kappa shape index (κ1) is 18.2. The van der Waals surface area contributed by atoms with Crippen LogP contribution >= 0.6 is 0 Å². The Morgan fingerprint density at radius 1 is 1.07 bits per heavy atom. The number of fused-ring (bicyclic) bond motifs is 1. The van der Waals surface area contributed by atoms with E-state index in [2.05, 4.69) is 26.0 Å². The molecule has 1 fully saturated rings. The number of anilines is 1. The van der Waals surface area contributed by atoms with Crippen LogP contribution in [0.5, 0.6) is 5.75 Å². The fourth-order valence-corrected chi connectivity index (χ4v) is 3.62. The summed E-state index contributed by atoms with van der Waals surface area (Å²) < 4.78 is 7.46. The topological polar surface area (TPSA) is 76.4 Å². The van der Waals surface area contributed by atoms with E-state index in [0.29, 0.717) is 13.1 Å². The molecule has 1 amide bonds. The van der Waals surface area contributed by atoms with Crippen LogP contribution in [0.4, 0.5) is 5.82 Å². The lowest BCUT2D eigenvalue weighted by molar-refractivity contribution is -0.133. The van der Waals surface area contributed by atoms with Crippen LogP contribution in [0.1, 0.15) is 11.1 Å². The second-order valence-electron chi connectivity index (χ2n) is 7.18. The molecule has 146 valence electrons. The Balaban J connectivity index is 1.36. The van der Waals surface area contributed by atoms with E-state index in [0.717, 1.165) is 46.8 Å². The zero-order valence-electron chi connectivity index (χ0n) is 16.4. The fourth-order valence-electron chi connectivity index (χ4n) is 3.62. The molecule has 1 saturated heterocycles. The van der Waals surface area contributed by atoms with Crippen molar-refractivity contribution in [1.29, 1.82) is 0 Å². The number of aryl methyl sites for hydroxylation is 3. The number of rotatable bonds is 4. The van der Waals surface area contributed by atoms with Gasteiger partial charge in [-0.15, -0.1) is 0 Å². The third-order valence-corrected chi connectivity index (χ3v) is 5.00. The molecule has 0 saturated carbocycles. The highest BCUT2D eigenvalue weighted by Gasteiger charge is 2.24. The Hall–Kier alpha value is -3.16. The van der Waals surface area contributed by atoms with E-state index in [1.165, 1.54) is 0 Å². The van der Waals surface area contributed by atoms with E-state index in [1.807, 2.05) is 37.9 Å². The number of carbonyl (C=O) groups is 1. The highest BCUT2D eigenvalue weighted by molar-refractivity contribution is 5.86. The molecule has 3 aromatic rings. The average Bonchev–Trinajstić information content (AvgIpc) is 3.07. The van der Waals surface area contributed by atoms with Gasteiger partial charge in [-0.25, -0.2) is 9.97 Å². The van der Waals surface area contributed by atoms with Crippen molar-refractivity contribution in [1.82, 2.24) is 24.6 Å². The van der Waals surface area contributed by atoms with Crippen LogP contribution in [0.2, 0.25) is 0 Å². The standard InChI is InChI=1S/C20H24N6O2/c1-14-8-15(2)10-16(9-14)28-12-18(27)25-4-6-26(7-5-25)20-17-11-23-24(3)19(17)21-13-22-20/h8-11,13H,4-7,12H2,1-3H3. The molecule has 1 aromatic carbocycles. The van der Waals surface area contributed by atoms with Gasteiger partial charge in [-0.3, -0.25) is 9.48 Å². The third kappa shape index (κ3) is 3.62. The maximum atomic E-state index is 12.5. The summed E-state index contributed by atoms with van der Waals surface area (Å²) in [6, 6.07) is 5.99. The van der Waals surface area contributed by atoms with Crippen molar-refractivity contribution in [2.75, 3.05) is 37.7 Å². The van der Waals surface area contributed by atoms with Crippen LogP contribution in [0.25, 0.3) is 11.0 Å². The third-order valence-electron chi connectivity index (χ3n) is 5.00. The highest BCUT2D eigenvalue weighted by atomic mass is 16.5. The summed E-state index contributed by atoms with van der Waals surface area (Å²) in [5.41, 5.74) is 3.07. The van der Waals surface area contributed by atoms with Crippen molar-refractivity contribution in [2.45, 2.75) is 13.8 Å². The Bertz CT molecular complexity index is 987. The van der Waals surface area contributed by atoms with Gasteiger partial charge in [0, 0.05) is 33.2 Å². The predicted molar refractivity (Wildman–Crippen MR) is 107 cm³/mol. The van der Waals surface area contributed by atoms with Gasteiger partial charge in [-0.05, 0) is 37.1 Å². The van der Waals surface area contributed by atoms with Crippen LogP contribution in [0.15, 0.2) is 30.7 Å². The van der Waals surface area contributed by atoms with E-state index in [-0.39, 0.29) is 12.5 Å². The highest BCUT2D eigenvalue weighted by Crippen LogP contribution is 2.23. The number of benzene rings is 1. The van der Waals surface area contributed by atoms with E-state index in [1.54, 1.807) is 17.2 Å². The van der Waals surface area contributed by atoms with Gasteiger partial charge in [0.1, 0.15) is 17.9 Å². The Labute approximate surface area is 163 Å². The maximum Gasteiger partial charge on any atom is 0.260 e. The molecule has 2 aromatic heterocycles. The van der Waals surface area contributed by atoms with Gasteiger partial charge < -0.3 is 14.5 Å². The fraction of sp³-hybridized carbons (Fsp3) is 0.400. The van der Waals surface area contributed by atoms with Crippen LogP contribution < -0.4 is 9.64 Å². The number of piperazine rings is 1. The van der Waals surface area contributed by atoms with E-state index in [4.69, 9.17) is 4.74 Å². The summed E-state index contributed by atoms with van der Waals surface area (Å²) in [4.78, 5) is 25.3. The first-order valence-corrected chi connectivity index (χ1v) is 9.38. The summed E-state index contributed by atoms with van der Waals surface area (Å²) in [6.45, 7) is 6.82. The van der Waals surface area contributed by atoms with Gasteiger partial charge >= 0.3 is 0 Å². The summed E-state index contributed by atoms with van der Waals surface area (Å²) in [7, 11) is 1.87. The van der Waals surface area contributed by atoms with Gasteiger partial charge in [0.15, 0.2) is 12.3 Å². The number of amides is 1. The SMILES string of the molecule is Cc1cc(C)cc(OCC(=O)N2CCN(c3ncnc4c3cnn4C)CC2)c1. The van der Waals surface area contributed by atoms with Gasteiger partial charge in [0.05, 0.1) is 11.6 Å². The lowest BCUT2D eigenvalue weighted by Crippen LogP contribution is -2.50. The summed E-state index contributed by atoms with van der Waals surface area (Å²) in [5.74, 6) is 1.62. The number of hydrogen-bond acceptors (Lipinski definition) is 6. The first-order valence-electron chi connectivity index (χ1n) is 9.38. The lowest BCUT2D eigenvalue weighted by Gasteiger charge is -2.35. The number of carbonyl (C=O) groups excluding carboxylic acids is 1. The van der Waals surface area contributed by atoms with Gasteiger partial charge in [-0.1, -0.05) is 6.07 Å². The Morgan fingerprint density at radius 2 is 1.79 bits per heavy atom. The minimum Gasteiger partial charge on any atom is -0.484 e. The molecule has 0 atom stereocenters. The van der Waals surface area contributed by atoms with E-state index < -0.39 is 0 Å². The number of aromatic nitrogens is 4. The van der Waals surface area contributed by atoms with Crippen molar-refractivity contribution in [3.63, 3.8) is 0 Å². The molecule has 4 rings (SSSR count). The van der Waals surface area contributed by atoms with Crippen molar-refractivity contribution in [3.8, 4) is 5.75 Å². The zero-order chi connectivity index (χ0) is 19.7. The average molecular weight is 380 g/mol. The van der Waals surface area contributed by atoms with Gasteiger partial charge in [0.25, 0.3) is 5.91 Å². The molecule has 1 aliphatic rings. The molecule has 0 bridgehead atoms. The monoisotopic (exact) mass is 380 g/mol. The first-order chi connectivity index (χ1) is 13.5. The molecule has 0 radical (unpaired) electrons. The Morgan fingerprint density at radius 3 is 2.50 bits per heavy atom. The molecule has 3 heterocycles. The van der Waals surface area contributed by atoms with Crippen molar-refractivity contribution in [3.05, 3.63) is 41.9 Å². The minimum atomic E-state index is 0.00743. The molecular weight excluding hydrogens is 356 g/mol. The van der Waals surface area contributed by atoms with Gasteiger partial charge in [-0.2, -0.15) is 5.10 Å². The Kier molecular flexibility index (Phi) is 4.85. The number of ether oxygens (including phenoxy) is 1. The quantitative estimate of drug-likeness (QED) is 0.686. The zero-order valence-corrected chi connectivity index (χ0v) is 16.4. The molecule has 0 N–H and O–H groups in total. The molecule has 1 aliphatic heterocycles. The van der Waals surface area contributed by atoms with Gasteiger partial charge in [0.2, 0.25) is 0 Å². The van der Waals surface area contributed by atoms with Crippen LogP contribution in [-0.2, 0) is 11.8 Å². The van der Waals surface area contributed by atoms with Crippen molar-refractivity contribution < 1.29 is 9.53 Å². The maximum absolute atomic E-state index is 12.5. The molecule has 0 spiro atoms. The summed E-state index contributed by atoms with van der Waals surface area (Å²) >= 11 is 0. The van der Waals surface area contributed by atoms with Crippen LogP contribution in [0.3, 0.4) is 0 Å². The van der Waals surface area contributed by atoms with Crippen molar-refractivity contribution >= 4 is 22.8 Å². The molecule has 8 nitrogen and oxygen atoms in total. The molecule has 0 aliphatic carbocycles. The number of hydrogen-bond donors (Lipinski definition) is 0. The second kappa shape index (κ2) is 7.46. The van der Waals surface area contributed by atoms with Crippen LogP contribution in [0, 0.1) is 13.8 Å². The summed E-state index contributed by atoms with van der Waals surface area (Å²) in [5, 5.41) is 5.20. The minimum absolute atomic E-state index is 0.00743. The molecule has 0 unspecified atom stereocenters. The van der Waals surface area contributed by atoms with E-state index >= 15 is 0 Å². The second-order valence-corrected chi connectivity index (χ2v) is 7.18. The molecular formula is C20H24N6O2. The molecule has 8 heteroatoms. The largest absolute Gasteiger partial charge is 0.484 e. The van der Waals surface area contributed by atoms with Crippen LogP contribution in [-0.4, -0.2) is 63.3 Å². The normalized spacial score (nSPS) is 14.5. The summed E-state index contributed by atoms with van der Waals surface area (Å²) in [6.07, 6.45) is 3.36.